The quantitative estimate of drug-likeness (QED) is 0.897. The standard InChI is InChI=1S/C16H17ClFN3OS/c17-11-4-5-14(18)13(8-11)15(22)20-16-19-12(10-23-16)9-21-6-2-1-3-7-21/h4-5,8,10H,1-3,6-7,9H2,(H,19,20,22). The summed E-state index contributed by atoms with van der Waals surface area (Å²) in [5.41, 5.74) is 0.851. The number of nitrogens with one attached hydrogen (secondary N) is 1. The highest BCUT2D eigenvalue weighted by molar-refractivity contribution is 7.14. The zero-order chi connectivity index (χ0) is 16.2. The second-order valence-electron chi connectivity index (χ2n) is 5.56. The topological polar surface area (TPSA) is 45.2 Å². The Morgan fingerprint density at radius 3 is 2.91 bits per heavy atom. The summed E-state index contributed by atoms with van der Waals surface area (Å²) in [4.78, 5) is 18.9. The number of likely N-dealkylation sites (tertiary alicyclic amines) is 1. The minimum Gasteiger partial charge on any atom is -0.298 e. The van der Waals surface area contributed by atoms with E-state index in [0.717, 1.165) is 25.3 Å². The lowest BCUT2D eigenvalue weighted by molar-refractivity contribution is 0.102. The van der Waals surface area contributed by atoms with Crippen LogP contribution in [0.2, 0.25) is 5.02 Å². The van der Waals surface area contributed by atoms with E-state index in [0.29, 0.717) is 10.2 Å². The van der Waals surface area contributed by atoms with Gasteiger partial charge in [0.2, 0.25) is 0 Å². The van der Waals surface area contributed by atoms with Gasteiger partial charge >= 0.3 is 0 Å². The van der Waals surface area contributed by atoms with Gasteiger partial charge in [0.15, 0.2) is 5.13 Å². The maximum Gasteiger partial charge on any atom is 0.260 e. The highest BCUT2D eigenvalue weighted by Gasteiger charge is 2.16. The molecule has 0 atom stereocenters. The van der Waals surface area contributed by atoms with Gasteiger partial charge in [0, 0.05) is 16.9 Å². The van der Waals surface area contributed by atoms with Crippen LogP contribution < -0.4 is 5.32 Å². The Balaban J connectivity index is 1.64. The predicted octanol–water partition coefficient (Wildman–Crippen LogP) is 4.17. The molecule has 0 saturated carbocycles. The molecule has 0 unspecified atom stereocenters. The number of carbonyl (C=O) groups is 1. The summed E-state index contributed by atoms with van der Waals surface area (Å²) < 4.78 is 13.7. The van der Waals surface area contributed by atoms with Crippen molar-refractivity contribution in [1.82, 2.24) is 9.88 Å². The Morgan fingerprint density at radius 1 is 1.35 bits per heavy atom. The van der Waals surface area contributed by atoms with E-state index in [2.05, 4.69) is 15.2 Å². The maximum atomic E-state index is 13.7. The molecule has 1 N–H and O–H groups in total. The van der Waals surface area contributed by atoms with Crippen LogP contribution >= 0.6 is 22.9 Å². The predicted molar refractivity (Wildman–Crippen MR) is 90.6 cm³/mol. The van der Waals surface area contributed by atoms with Crippen LogP contribution in [0.25, 0.3) is 0 Å². The van der Waals surface area contributed by atoms with Crippen molar-refractivity contribution in [2.45, 2.75) is 25.8 Å². The monoisotopic (exact) mass is 353 g/mol. The van der Waals surface area contributed by atoms with E-state index in [1.165, 1.54) is 48.8 Å². The molecule has 0 aliphatic carbocycles. The van der Waals surface area contributed by atoms with Crippen molar-refractivity contribution in [2.24, 2.45) is 0 Å². The smallest absolute Gasteiger partial charge is 0.260 e. The Hall–Kier alpha value is -1.50. The second-order valence-corrected chi connectivity index (χ2v) is 6.85. The molecule has 0 spiro atoms. The fourth-order valence-electron chi connectivity index (χ4n) is 2.62. The third-order valence-electron chi connectivity index (χ3n) is 3.78. The van der Waals surface area contributed by atoms with Crippen molar-refractivity contribution < 1.29 is 9.18 Å². The van der Waals surface area contributed by atoms with Gasteiger partial charge in [0.1, 0.15) is 5.82 Å². The summed E-state index contributed by atoms with van der Waals surface area (Å²) in [6.45, 7) is 2.97. The van der Waals surface area contributed by atoms with Crippen LogP contribution in [0.3, 0.4) is 0 Å². The Morgan fingerprint density at radius 2 is 2.13 bits per heavy atom. The first-order valence-corrected chi connectivity index (χ1v) is 8.81. The van der Waals surface area contributed by atoms with Crippen LogP contribution in [-0.2, 0) is 6.54 Å². The third-order valence-corrected chi connectivity index (χ3v) is 4.82. The maximum absolute atomic E-state index is 13.7. The van der Waals surface area contributed by atoms with E-state index in [9.17, 15) is 9.18 Å². The number of rotatable bonds is 4. The molecule has 0 bridgehead atoms. The summed E-state index contributed by atoms with van der Waals surface area (Å²) in [7, 11) is 0. The lowest BCUT2D eigenvalue weighted by Gasteiger charge is -2.25. The molecule has 7 heteroatoms. The average Bonchev–Trinajstić information content (AvgIpc) is 2.97. The minimum atomic E-state index is -0.600. The zero-order valence-corrected chi connectivity index (χ0v) is 14.1. The lowest BCUT2D eigenvalue weighted by atomic mass is 10.1. The van der Waals surface area contributed by atoms with Crippen molar-refractivity contribution in [3.05, 3.63) is 45.7 Å². The van der Waals surface area contributed by atoms with E-state index in [4.69, 9.17) is 11.6 Å². The van der Waals surface area contributed by atoms with Crippen LogP contribution in [0.15, 0.2) is 23.6 Å². The van der Waals surface area contributed by atoms with Gasteiger partial charge in [-0.15, -0.1) is 11.3 Å². The van der Waals surface area contributed by atoms with Crippen molar-refractivity contribution in [2.75, 3.05) is 18.4 Å². The Bertz CT molecular complexity index is 700. The molecular weight excluding hydrogens is 337 g/mol. The van der Waals surface area contributed by atoms with E-state index in [1.807, 2.05) is 5.38 Å². The molecule has 1 amide bonds. The van der Waals surface area contributed by atoms with Crippen molar-refractivity contribution in [1.29, 1.82) is 0 Å². The zero-order valence-electron chi connectivity index (χ0n) is 12.5. The molecule has 1 saturated heterocycles. The molecule has 1 aliphatic rings. The highest BCUT2D eigenvalue weighted by atomic mass is 35.5. The molecule has 3 rings (SSSR count). The number of thiazole rings is 1. The number of anilines is 1. The number of nitrogens with zero attached hydrogens (tertiary/aromatic N) is 2. The Labute approximate surface area is 143 Å². The van der Waals surface area contributed by atoms with Crippen LogP contribution in [-0.4, -0.2) is 28.9 Å². The summed E-state index contributed by atoms with van der Waals surface area (Å²) >= 11 is 7.16. The highest BCUT2D eigenvalue weighted by Crippen LogP contribution is 2.21. The van der Waals surface area contributed by atoms with Crippen LogP contribution in [0.4, 0.5) is 9.52 Å². The van der Waals surface area contributed by atoms with Crippen molar-refractivity contribution in [3.8, 4) is 0 Å². The molecule has 1 aliphatic heterocycles. The molecule has 122 valence electrons. The first-order valence-electron chi connectivity index (χ1n) is 7.55. The molecule has 2 heterocycles. The van der Waals surface area contributed by atoms with Crippen LogP contribution in [0, 0.1) is 5.82 Å². The van der Waals surface area contributed by atoms with Gasteiger partial charge in [0.05, 0.1) is 11.3 Å². The fraction of sp³-hybridized carbons (Fsp3) is 0.375. The van der Waals surface area contributed by atoms with Gasteiger partial charge in [-0.05, 0) is 44.1 Å². The molecule has 2 aromatic rings. The number of halogens is 2. The molecular formula is C16H17ClFN3OS. The number of hydrogen-bond acceptors (Lipinski definition) is 4. The molecule has 23 heavy (non-hydrogen) atoms. The molecule has 1 aromatic heterocycles. The fourth-order valence-corrected chi connectivity index (χ4v) is 3.49. The van der Waals surface area contributed by atoms with Gasteiger partial charge in [-0.1, -0.05) is 18.0 Å². The largest absolute Gasteiger partial charge is 0.298 e. The number of benzene rings is 1. The molecule has 4 nitrogen and oxygen atoms in total. The Kier molecular flexibility index (Phi) is 5.25. The molecule has 1 aromatic carbocycles. The molecule has 0 radical (unpaired) electrons. The van der Waals surface area contributed by atoms with E-state index >= 15 is 0 Å². The van der Waals surface area contributed by atoms with Crippen LogP contribution in [0.5, 0.6) is 0 Å². The second kappa shape index (κ2) is 7.38. The average molecular weight is 354 g/mol. The van der Waals surface area contributed by atoms with Gasteiger partial charge in [-0.25, -0.2) is 9.37 Å². The van der Waals surface area contributed by atoms with Gasteiger partial charge in [-0.2, -0.15) is 0 Å². The SMILES string of the molecule is O=C(Nc1nc(CN2CCCCC2)cs1)c1cc(Cl)ccc1F. The number of hydrogen-bond donors (Lipinski definition) is 1. The first kappa shape index (κ1) is 16.4. The van der Waals surface area contributed by atoms with E-state index < -0.39 is 11.7 Å². The molecule has 1 fully saturated rings. The third kappa shape index (κ3) is 4.28. The lowest BCUT2D eigenvalue weighted by Crippen LogP contribution is -2.29. The minimum absolute atomic E-state index is 0.0784. The number of carbonyl (C=O) groups excluding carboxylic acids is 1. The van der Waals surface area contributed by atoms with Gasteiger partial charge in [-0.3, -0.25) is 15.0 Å². The van der Waals surface area contributed by atoms with E-state index in [1.54, 1.807) is 0 Å². The van der Waals surface area contributed by atoms with Crippen molar-refractivity contribution >= 4 is 34.0 Å². The van der Waals surface area contributed by atoms with Crippen molar-refractivity contribution in [3.63, 3.8) is 0 Å². The first-order chi connectivity index (χ1) is 11.1. The summed E-state index contributed by atoms with van der Waals surface area (Å²) in [5.74, 6) is -1.14. The number of aromatic nitrogens is 1. The number of amides is 1. The number of piperidine rings is 1. The summed E-state index contributed by atoms with van der Waals surface area (Å²) in [6, 6.07) is 3.91. The van der Waals surface area contributed by atoms with Gasteiger partial charge in [0.25, 0.3) is 5.91 Å². The normalized spacial score (nSPS) is 15.6. The van der Waals surface area contributed by atoms with Gasteiger partial charge < -0.3 is 0 Å². The van der Waals surface area contributed by atoms with E-state index in [-0.39, 0.29) is 5.56 Å². The van der Waals surface area contributed by atoms with Crippen LogP contribution in [0.1, 0.15) is 35.3 Å². The summed E-state index contributed by atoms with van der Waals surface area (Å²) in [6.07, 6.45) is 3.74. The summed E-state index contributed by atoms with van der Waals surface area (Å²) in [5, 5.41) is 5.36.